The molecule has 0 aliphatic rings. The third-order valence-corrected chi connectivity index (χ3v) is 10.2. The van der Waals surface area contributed by atoms with Gasteiger partial charge in [0.05, 0.1) is 0 Å². The summed E-state index contributed by atoms with van der Waals surface area (Å²) in [5.74, 6) is 3.59. The van der Waals surface area contributed by atoms with Crippen LogP contribution in [0.4, 0.5) is 0 Å². The van der Waals surface area contributed by atoms with Crippen LogP contribution >= 0.6 is 0 Å². The second-order valence-corrected chi connectivity index (χ2v) is 13.9. The first kappa shape index (κ1) is 34.5. The fourth-order valence-electron chi connectivity index (χ4n) is 7.30. The summed E-state index contributed by atoms with van der Waals surface area (Å²) in [7, 11) is 0. The highest BCUT2D eigenvalue weighted by molar-refractivity contribution is 5.90. The van der Waals surface area contributed by atoms with E-state index >= 15 is 0 Å². The van der Waals surface area contributed by atoms with Gasteiger partial charge in [-0.25, -0.2) is 29.9 Å². The van der Waals surface area contributed by atoms with E-state index in [-0.39, 0.29) is 0 Å². The Morgan fingerprint density at radius 1 is 0.190 bits per heavy atom. The Morgan fingerprint density at radius 2 is 0.569 bits per heavy atom. The zero-order chi connectivity index (χ0) is 38.7. The zero-order valence-electron chi connectivity index (χ0n) is 31.3. The van der Waals surface area contributed by atoms with Gasteiger partial charge in [0.2, 0.25) is 0 Å². The maximum absolute atomic E-state index is 5.17. The van der Waals surface area contributed by atoms with Crippen LogP contribution in [0.3, 0.4) is 0 Å². The minimum Gasteiger partial charge on any atom is -0.208 e. The summed E-state index contributed by atoms with van der Waals surface area (Å²) in [4.78, 5) is 30.6. The molecule has 272 valence electrons. The molecule has 2 heterocycles. The summed E-state index contributed by atoms with van der Waals surface area (Å²) in [6.07, 6.45) is 0. The Hall–Kier alpha value is -7.96. The molecule has 2 aromatic heterocycles. The van der Waals surface area contributed by atoms with Crippen LogP contribution in [0.5, 0.6) is 0 Å². The van der Waals surface area contributed by atoms with Crippen molar-refractivity contribution in [1.82, 2.24) is 29.9 Å². The smallest absolute Gasteiger partial charge is 0.164 e. The van der Waals surface area contributed by atoms with Crippen molar-refractivity contribution in [2.24, 2.45) is 0 Å². The Labute approximate surface area is 336 Å². The molecule has 8 aromatic carbocycles. The molecule has 0 saturated heterocycles. The lowest BCUT2D eigenvalue weighted by Crippen LogP contribution is -2.02. The maximum Gasteiger partial charge on any atom is 0.164 e. The van der Waals surface area contributed by atoms with E-state index in [4.69, 9.17) is 29.9 Å². The third kappa shape index (κ3) is 6.91. The molecule has 6 heteroatoms. The molecule has 0 aliphatic carbocycles. The number of hydrogen-bond donors (Lipinski definition) is 0. The molecule has 0 saturated carbocycles. The second-order valence-electron chi connectivity index (χ2n) is 13.9. The molecule has 0 radical (unpaired) electrons. The van der Waals surface area contributed by atoms with Crippen molar-refractivity contribution in [2.75, 3.05) is 0 Å². The predicted molar refractivity (Wildman–Crippen MR) is 234 cm³/mol. The van der Waals surface area contributed by atoms with Gasteiger partial charge in [0.25, 0.3) is 0 Å². The van der Waals surface area contributed by atoms with Gasteiger partial charge < -0.3 is 0 Å². The standard InChI is InChI=1S/C52H34N6/c1-5-18-36(19-6-1)44-32-31-41(34-46(44)52-56-47(37-20-7-2-8-21-37)53-48(57-52)38-22-9-3-10-23-38)43-27-15-16-28-45(43)51-55-49(39-24-11-4-12-25-39)54-50(58-51)42-30-29-35-17-13-14-26-40(35)33-42/h1-34H. The van der Waals surface area contributed by atoms with E-state index in [9.17, 15) is 0 Å². The van der Waals surface area contributed by atoms with E-state index < -0.39 is 0 Å². The van der Waals surface area contributed by atoms with Crippen molar-refractivity contribution in [1.29, 1.82) is 0 Å². The Morgan fingerprint density at radius 3 is 1.12 bits per heavy atom. The van der Waals surface area contributed by atoms with E-state index in [1.165, 1.54) is 0 Å². The summed E-state index contributed by atoms with van der Waals surface area (Å²) in [6.45, 7) is 0. The molecular weight excluding hydrogens is 709 g/mol. The highest BCUT2D eigenvalue weighted by Gasteiger charge is 2.20. The lowest BCUT2D eigenvalue weighted by molar-refractivity contribution is 1.07. The monoisotopic (exact) mass is 742 g/mol. The largest absolute Gasteiger partial charge is 0.208 e. The first-order valence-corrected chi connectivity index (χ1v) is 19.2. The van der Waals surface area contributed by atoms with Crippen LogP contribution in [-0.2, 0) is 0 Å². The normalized spacial score (nSPS) is 11.1. The first-order chi connectivity index (χ1) is 28.7. The molecule has 10 aromatic rings. The van der Waals surface area contributed by atoms with E-state index in [0.717, 1.165) is 66.4 Å². The van der Waals surface area contributed by atoms with Crippen LogP contribution in [0.2, 0.25) is 0 Å². The van der Waals surface area contributed by atoms with Crippen LogP contribution in [-0.4, -0.2) is 29.9 Å². The molecule has 0 N–H and O–H groups in total. The number of hydrogen-bond acceptors (Lipinski definition) is 6. The number of nitrogens with zero attached hydrogens (tertiary/aromatic N) is 6. The summed E-state index contributed by atoms with van der Waals surface area (Å²) in [5.41, 5.74) is 9.45. The highest BCUT2D eigenvalue weighted by atomic mass is 15.0. The number of benzene rings is 8. The van der Waals surface area contributed by atoms with Gasteiger partial charge in [-0.1, -0.05) is 194 Å². The van der Waals surface area contributed by atoms with Gasteiger partial charge in [-0.15, -0.1) is 0 Å². The van der Waals surface area contributed by atoms with Crippen molar-refractivity contribution in [3.63, 3.8) is 0 Å². The average molecular weight is 743 g/mol. The van der Waals surface area contributed by atoms with Gasteiger partial charge >= 0.3 is 0 Å². The number of fused-ring (bicyclic) bond motifs is 1. The number of aromatic nitrogens is 6. The first-order valence-electron chi connectivity index (χ1n) is 19.2. The average Bonchev–Trinajstić information content (AvgIpc) is 3.32. The van der Waals surface area contributed by atoms with Crippen molar-refractivity contribution in [3.05, 3.63) is 206 Å². The van der Waals surface area contributed by atoms with Crippen LogP contribution < -0.4 is 0 Å². The van der Waals surface area contributed by atoms with Crippen molar-refractivity contribution >= 4 is 10.8 Å². The SMILES string of the molecule is c1ccc(-c2nc(-c3ccc4ccccc4c3)nc(-c3ccccc3-c3ccc(-c4ccccc4)c(-c4nc(-c5ccccc5)nc(-c5ccccc5)n4)c3)n2)cc1. The Balaban J connectivity index is 1.17. The lowest BCUT2D eigenvalue weighted by Gasteiger charge is -2.16. The molecule has 0 unspecified atom stereocenters. The minimum absolute atomic E-state index is 0.580. The molecule has 0 spiro atoms. The van der Waals surface area contributed by atoms with E-state index in [1.54, 1.807) is 0 Å². The van der Waals surface area contributed by atoms with Crippen molar-refractivity contribution in [2.45, 2.75) is 0 Å². The molecule has 0 bridgehead atoms. The quantitative estimate of drug-likeness (QED) is 0.154. The zero-order valence-corrected chi connectivity index (χ0v) is 31.3. The number of rotatable bonds is 8. The molecule has 0 atom stereocenters. The van der Waals surface area contributed by atoms with Gasteiger partial charge in [0.1, 0.15) is 0 Å². The topological polar surface area (TPSA) is 77.3 Å². The molecule has 6 nitrogen and oxygen atoms in total. The Kier molecular flexibility index (Phi) is 9.10. The van der Waals surface area contributed by atoms with Gasteiger partial charge in [-0.05, 0) is 45.2 Å². The van der Waals surface area contributed by atoms with Crippen molar-refractivity contribution < 1.29 is 0 Å². The van der Waals surface area contributed by atoms with Gasteiger partial charge in [-0.3, -0.25) is 0 Å². The molecule has 0 aliphatic heterocycles. The molecule has 10 rings (SSSR count). The van der Waals surface area contributed by atoms with Crippen LogP contribution in [0, 0.1) is 0 Å². The third-order valence-electron chi connectivity index (χ3n) is 10.2. The lowest BCUT2D eigenvalue weighted by atomic mass is 9.92. The second kappa shape index (κ2) is 15.3. The van der Waals surface area contributed by atoms with Gasteiger partial charge in [0.15, 0.2) is 34.9 Å². The van der Waals surface area contributed by atoms with Gasteiger partial charge in [0, 0.05) is 33.4 Å². The fourth-order valence-corrected chi connectivity index (χ4v) is 7.30. The summed E-state index contributed by atoms with van der Waals surface area (Å²) >= 11 is 0. The molecule has 0 amide bonds. The van der Waals surface area contributed by atoms with E-state index in [2.05, 4.69) is 103 Å². The summed E-state index contributed by atoms with van der Waals surface area (Å²) < 4.78 is 0. The predicted octanol–water partition coefficient (Wildman–Crippen LogP) is 12.5. The maximum atomic E-state index is 5.17. The summed E-state index contributed by atoms with van der Waals surface area (Å²) in [6, 6.07) is 70.1. The minimum atomic E-state index is 0.580. The Bertz CT molecular complexity index is 2990. The van der Waals surface area contributed by atoms with E-state index in [1.807, 2.05) is 103 Å². The van der Waals surface area contributed by atoms with Crippen LogP contribution in [0.1, 0.15) is 0 Å². The highest BCUT2D eigenvalue weighted by Crippen LogP contribution is 2.39. The molecule has 58 heavy (non-hydrogen) atoms. The van der Waals surface area contributed by atoms with Crippen LogP contribution in [0.15, 0.2) is 206 Å². The fraction of sp³-hybridized carbons (Fsp3) is 0. The van der Waals surface area contributed by atoms with E-state index in [0.29, 0.717) is 34.9 Å². The summed E-state index contributed by atoms with van der Waals surface area (Å²) in [5, 5.41) is 2.28. The van der Waals surface area contributed by atoms with Crippen LogP contribution in [0.25, 0.3) is 101 Å². The molecule has 0 fully saturated rings. The van der Waals surface area contributed by atoms with Gasteiger partial charge in [-0.2, -0.15) is 0 Å². The molecular formula is C52H34N6. The van der Waals surface area contributed by atoms with Crippen molar-refractivity contribution in [3.8, 4) is 90.6 Å².